The largest absolute Gasteiger partial charge is 0.388 e. The van der Waals surface area contributed by atoms with E-state index in [1.807, 2.05) is 0 Å². The van der Waals surface area contributed by atoms with Gasteiger partial charge in [-0.05, 0) is 51.9 Å². The quantitative estimate of drug-likeness (QED) is 0.187. The van der Waals surface area contributed by atoms with Crippen molar-refractivity contribution in [3.8, 4) is 0 Å². The predicted octanol–water partition coefficient (Wildman–Crippen LogP) is -1.13. The molecule has 3 atom stereocenters. The van der Waals surface area contributed by atoms with Gasteiger partial charge in [0, 0.05) is 0 Å². The Bertz CT molecular complexity index is 257. The molecule has 3 unspecified atom stereocenters. The molecule has 0 aliphatic carbocycles. The van der Waals surface area contributed by atoms with E-state index < -0.39 is 18.3 Å². The van der Waals surface area contributed by atoms with Crippen LogP contribution in [0.15, 0.2) is 0 Å². The molecule has 8 N–H and O–H groups in total. The van der Waals surface area contributed by atoms with Crippen molar-refractivity contribution < 1.29 is 14.9 Å². The van der Waals surface area contributed by atoms with E-state index in [1.54, 1.807) is 0 Å². The van der Waals surface area contributed by atoms with Gasteiger partial charge < -0.3 is 26.4 Å². The Labute approximate surface area is 133 Å². The van der Waals surface area contributed by atoms with E-state index in [4.69, 9.17) is 16.2 Å². The van der Waals surface area contributed by atoms with E-state index in [0.29, 0.717) is 0 Å². The Morgan fingerprint density at radius 3 is 1.86 bits per heavy atom. The van der Waals surface area contributed by atoms with E-state index in [9.17, 15) is 10.2 Å². The molecule has 1 saturated heterocycles. The number of aliphatic hydroxyl groups is 2. The number of aliphatic hydroxyl groups excluding tert-OH is 2. The highest BCUT2D eigenvalue weighted by molar-refractivity contribution is 4.90. The van der Waals surface area contributed by atoms with Crippen molar-refractivity contribution in [2.75, 3.05) is 32.8 Å². The molecular weight excluding hydrogens is 284 g/mol. The molecule has 1 heterocycles. The Kier molecular flexibility index (Phi) is 10.9. The van der Waals surface area contributed by atoms with Gasteiger partial charge in [-0.2, -0.15) is 0 Å². The Morgan fingerprint density at radius 1 is 0.909 bits per heavy atom. The zero-order valence-electron chi connectivity index (χ0n) is 13.5. The lowest BCUT2D eigenvalue weighted by atomic mass is 10.1. The molecule has 0 radical (unpaired) electrons. The van der Waals surface area contributed by atoms with Crippen molar-refractivity contribution >= 4 is 0 Å². The summed E-state index contributed by atoms with van der Waals surface area (Å²) in [6, 6.07) is 0. The highest BCUT2D eigenvalue weighted by Gasteiger charge is 2.39. The highest BCUT2D eigenvalue weighted by atomic mass is 16.5. The van der Waals surface area contributed by atoms with Crippen LogP contribution < -0.4 is 22.1 Å². The van der Waals surface area contributed by atoms with Crippen molar-refractivity contribution in [1.82, 2.24) is 10.6 Å². The summed E-state index contributed by atoms with van der Waals surface area (Å²) >= 11 is 0. The van der Waals surface area contributed by atoms with Gasteiger partial charge in [0.1, 0.15) is 18.3 Å². The van der Waals surface area contributed by atoms with Gasteiger partial charge in [-0.3, -0.25) is 10.6 Å². The van der Waals surface area contributed by atoms with Gasteiger partial charge in [-0.25, -0.2) is 0 Å². The first kappa shape index (κ1) is 19.8. The maximum Gasteiger partial charge on any atom is 0.114 e. The molecule has 0 spiro atoms. The lowest BCUT2D eigenvalue weighted by Gasteiger charge is -2.28. The van der Waals surface area contributed by atoms with Crippen LogP contribution in [0.3, 0.4) is 0 Å². The van der Waals surface area contributed by atoms with Crippen LogP contribution in [-0.2, 0) is 4.74 Å². The van der Waals surface area contributed by atoms with Crippen molar-refractivity contribution in [1.29, 1.82) is 0 Å². The summed E-state index contributed by atoms with van der Waals surface area (Å²) in [5, 5.41) is 26.4. The lowest BCUT2D eigenvalue weighted by molar-refractivity contribution is -0.00362. The third kappa shape index (κ3) is 7.32. The van der Waals surface area contributed by atoms with Crippen LogP contribution in [-0.4, -0.2) is 67.5 Å². The summed E-state index contributed by atoms with van der Waals surface area (Å²) in [4.78, 5) is 0. The molecule has 1 rings (SSSR count). The molecule has 7 heteroatoms. The minimum Gasteiger partial charge on any atom is -0.388 e. The molecule has 0 saturated carbocycles. The molecule has 22 heavy (non-hydrogen) atoms. The number of nitrogens with one attached hydrogen (secondary N) is 2. The minimum absolute atomic E-state index is 0.150. The lowest BCUT2D eigenvalue weighted by Crippen LogP contribution is -2.55. The van der Waals surface area contributed by atoms with Crippen molar-refractivity contribution in [2.24, 2.45) is 11.5 Å². The third-order valence-electron chi connectivity index (χ3n) is 4.01. The first-order chi connectivity index (χ1) is 10.7. The highest BCUT2D eigenvalue weighted by Crippen LogP contribution is 2.16. The van der Waals surface area contributed by atoms with Gasteiger partial charge in [-0.15, -0.1) is 0 Å². The van der Waals surface area contributed by atoms with Crippen LogP contribution in [0.25, 0.3) is 0 Å². The van der Waals surface area contributed by atoms with Gasteiger partial charge in [-0.1, -0.05) is 12.8 Å². The summed E-state index contributed by atoms with van der Waals surface area (Å²) < 4.78 is 5.53. The van der Waals surface area contributed by atoms with Crippen molar-refractivity contribution in [3.63, 3.8) is 0 Å². The molecule has 132 valence electrons. The number of nitrogens with two attached hydrogens (primary N) is 2. The van der Waals surface area contributed by atoms with Gasteiger partial charge in [0.05, 0.1) is 12.8 Å². The number of ether oxygens (including phenoxy) is 1. The average Bonchev–Trinajstić information content (AvgIpc) is 2.84. The molecule has 1 fully saturated rings. The molecule has 1 aliphatic heterocycles. The van der Waals surface area contributed by atoms with Crippen LogP contribution >= 0.6 is 0 Å². The fourth-order valence-corrected chi connectivity index (χ4v) is 2.63. The number of rotatable bonds is 13. The van der Waals surface area contributed by atoms with E-state index in [-0.39, 0.29) is 12.8 Å². The Balaban J connectivity index is 2.32. The maximum atomic E-state index is 10.0. The zero-order chi connectivity index (χ0) is 16.2. The van der Waals surface area contributed by atoms with Crippen LogP contribution in [0.1, 0.15) is 38.5 Å². The Hall–Kier alpha value is -0.280. The van der Waals surface area contributed by atoms with Crippen LogP contribution in [0, 0.1) is 0 Å². The second kappa shape index (κ2) is 12.2. The summed E-state index contributed by atoms with van der Waals surface area (Å²) in [7, 11) is 0. The first-order valence-electron chi connectivity index (χ1n) is 8.55. The molecule has 0 aromatic carbocycles. The van der Waals surface area contributed by atoms with Gasteiger partial charge >= 0.3 is 0 Å². The molecule has 7 nitrogen and oxygen atoms in total. The van der Waals surface area contributed by atoms with Gasteiger partial charge in [0.25, 0.3) is 0 Å². The molecule has 0 aromatic heterocycles. The number of hydrogen-bond acceptors (Lipinski definition) is 7. The smallest absolute Gasteiger partial charge is 0.114 e. The van der Waals surface area contributed by atoms with Crippen molar-refractivity contribution in [2.45, 2.75) is 63.0 Å². The fraction of sp³-hybridized carbons (Fsp3) is 1.00. The predicted molar refractivity (Wildman–Crippen MR) is 87.4 cm³/mol. The van der Waals surface area contributed by atoms with E-state index >= 15 is 0 Å². The van der Waals surface area contributed by atoms with Gasteiger partial charge in [0.2, 0.25) is 0 Å². The Morgan fingerprint density at radius 2 is 1.45 bits per heavy atom. The summed E-state index contributed by atoms with van der Waals surface area (Å²) in [5.41, 5.74) is 11.0. The standard InChI is InChI=1S/C15H34N4O3/c16-7-3-1-5-9-18-15(19-10-6-2-4-8-17)14-13(21)12(20)11-22-14/h12-15,18-21H,1-11,16-17H2. The molecular formula is C15H34N4O3. The normalized spacial score (nSPS) is 25.2. The van der Waals surface area contributed by atoms with Crippen LogP contribution in [0.5, 0.6) is 0 Å². The third-order valence-corrected chi connectivity index (χ3v) is 4.01. The second-order valence-electron chi connectivity index (χ2n) is 5.94. The van der Waals surface area contributed by atoms with E-state index in [1.165, 1.54) is 0 Å². The average molecular weight is 318 g/mol. The molecule has 0 bridgehead atoms. The molecule has 0 amide bonds. The van der Waals surface area contributed by atoms with Crippen LogP contribution in [0.4, 0.5) is 0 Å². The molecule has 1 aliphatic rings. The van der Waals surface area contributed by atoms with Crippen LogP contribution in [0.2, 0.25) is 0 Å². The molecule has 0 aromatic rings. The second-order valence-corrected chi connectivity index (χ2v) is 5.94. The minimum atomic E-state index is -0.849. The number of unbranched alkanes of at least 4 members (excludes halogenated alkanes) is 4. The number of hydrogen-bond donors (Lipinski definition) is 6. The van der Waals surface area contributed by atoms with Crippen molar-refractivity contribution in [3.05, 3.63) is 0 Å². The summed E-state index contributed by atoms with van der Waals surface area (Å²) in [5.74, 6) is 0. The topological polar surface area (TPSA) is 126 Å². The van der Waals surface area contributed by atoms with E-state index in [2.05, 4.69) is 10.6 Å². The SMILES string of the molecule is NCCCCCNC(NCCCCCN)C1OCC(O)C1O. The fourth-order valence-electron chi connectivity index (χ4n) is 2.63. The zero-order valence-corrected chi connectivity index (χ0v) is 13.5. The summed E-state index contributed by atoms with van der Waals surface area (Å²) in [6.45, 7) is 3.30. The van der Waals surface area contributed by atoms with Gasteiger partial charge in [0.15, 0.2) is 0 Å². The first-order valence-corrected chi connectivity index (χ1v) is 8.55. The van der Waals surface area contributed by atoms with E-state index in [0.717, 1.165) is 64.7 Å². The maximum absolute atomic E-state index is 10.0. The summed E-state index contributed by atoms with van der Waals surface area (Å²) in [6.07, 6.45) is 4.08. The monoisotopic (exact) mass is 318 g/mol.